The van der Waals surface area contributed by atoms with E-state index in [2.05, 4.69) is 10.6 Å². The monoisotopic (exact) mass is 305 g/mol. The summed E-state index contributed by atoms with van der Waals surface area (Å²) in [5, 5.41) is 5.42. The van der Waals surface area contributed by atoms with Crippen molar-refractivity contribution in [1.82, 2.24) is 10.2 Å². The summed E-state index contributed by atoms with van der Waals surface area (Å²) < 4.78 is 5.11. The second-order valence-corrected chi connectivity index (χ2v) is 5.19. The summed E-state index contributed by atoms with van der Waals surface area (Å²) in [5.41, 5.74) is 1.15. The van der Waals surface area contributed by atoms with Gasteiger partial charge in [-0.15, -0.1) is 0 Å². The highest BCUT2D eigenvalue weighted by Gasteiger charge is 2.27. The van der Waals surface area contributed by atoms with Crippen LogP contribution in [0.15, 0.2) is 24.3 Å². The summed E-state index contributed by atoms with van der Waals surface area (Å²) in [6.07, 6.45) is 0.0658. The van der Waals surface area contributed by atoms with Crippen LogP contribution >= 0.6 is 0 Å². The molecule has 1 unspecified atom stereocenters. The van der Waals surface area contributed by atoms with Crippen molar-refractivity contribution in [2.24, 2.45) is 0 Å². The predicted molar refractivity (Wildman–Crippen MR) is 80.6 cm³/mol. The van der Waals surface area contributed by atoms with Crippen LogP contribution in [0.3, 0.4) is 0 Å². The quantitative estimate of drug-likeness (QED) is 0.856. The van der Waals surface area contributed by atoms with Crippen molar-refractivity contribution in [1.29, 1.82) is 0 Å². The highest BCUT2D eigenvalue weighted by Crippen LogP contribution is 2.12. The lowest BCUT2D eigenvalue weighted by Crippen LogP contribution is -2.28. The van der Waals surface area contributed by atoms with Crippen LogP contribution in [0.2, 0.25) is 0 Å². The Morgan fingerprint density at radius 2 is 2.00 bits per heavy atom. The lowest BCUT2D eigenvalue weighted by Gasteiger charge is -2.09. The number of amides is 3. The van der Waals surface area contributed by atoms with Crippen molar-refractivity contribution in [2.45, 2.75) is 19.4 Å². The number of carbonyl (C=O) groups is 3. The van der Waals surface area contributed by atoms with Crippen LogP contribution in [0, 0.1) is 0 Å². The van der Waals surface area contributed by atoms with Gasteiger partial charge in [-0.25, -0.2) is 4.79 Å². The van der Waals surface area contributed by atoms with Crippen molar-refractivity contribution in [3.63, 3.8) is 0 Å². The molecular formula is C15H19N3O4. The van der Waals surface area contributed by atoms with Crippen LogP contribution < -0.4 is 10.6 Å². The van der Waals surface area contributed by atoms with Crippen molar-refractivity contribution in [3.8, 4) is 0 Å². The van der Waals surface area contributed by atoms with E-state index in [0.29, 0.717) is 30.8 Å². The van der Waals surface area contributed by atoms with Gasteiger partial charge in [0.25, 0.3) is 5.91 Å². The Kier molecular flexibility index (Phi) is 4.98. The van der Waals surface area contributed by atoms with Gasteiger partial charge in [0.15, 0.2) is 0 Å². The summed E-state index contributed by atoms with van der Waals surface area (Å²) in [6.45, 7) is 2.39. The molecule has 22 heavy (non-hydrogen) atoms. The molecule has 1 aromatic rings. The zero-order chi connectivity index (χ0) is 16.1. The van der Waals surface area contributed by atoms with E-state index in [0.717, 1.165) is 0 Å². The maximum Gasteiger partial charge on any atom is 0.409 e. The molecule has 0 aliphatic carbocycles. The molecule has 0 spiro atoms. The van der Waals surface area contributed by atoms with Crippen molar-refractivity contribution in [2.75, 3.05) is 25.5 Å². The van der Waals surface area contributed by atoms with E-state index in [1.807, 2.05) is 0 Å². The Morgan fingerprint density at radius 1 is 1.32 bits per heavy atom. The Morgan fingerprint density at radius 3 is 2.55 bits per heavy atom. The third-order valence-electron chi connectivity index (χ3n) is 3.28. The molecular weight excluding hydrogens is 286 g/mol. The van der Waals surface area contributed by atoms with Crippen molar-refractivity contribution in [3.05, 3.63) is 29.8 Å². The van der Waals surface area contributed by atoms with Crippen LogP contribution in [-0.2, 0) is 9.53 Å². The molecule has 7 heteroatoms. The average molecular weight is 305 g/mol. The molecule has 1 heterocycles. The van der Waals surface area contributed by atoms with Gasteiger partial charge < -0.3 is 20.3 Å². The Hall–Kier alpha value is -2.57. The first-order chi connectivity index (χ1) is 10.5. The summed E-state index contributed by atoms with van der Waals surface area (Å²) >= 11 is 0. The fraction of sp³-hybridized carbons (Fsp3) is 0.400. The minimum absolute atomic E-state index is 0.159. The van der Waals surface area contributed by atoms with Gasteiger partial charge in [-0.1, -0.05) is 0 Å². The highest BCUT2D eigenvalue weighted by molar-refractivity contribution is 5.95. The minimum atomic E-state index is -0.329. The number of rotatable bonds is 5. The van der Waals surface area contributed by atoms with Gasteiger partial charge in [0.1, 0.15) is 6.10 Å². The molecule has 1 fully saturated rings. The van der Waals surface area contributed by atoms with Crippen LogP contribution in [0.4, 0.5) is 10.5 Å². The molecule has 2 N–H and O–H groups in total. The topological polar surface area (TPSA) is 87.7 Å². The molecule has 3 amide bonds. The molecule has 1 aliphatic heterocycles. The zero-order valence-electron chi connectivity index (χ0n) is 12.6. The average Bonchev–Trinajstić information content (AvgIpc) is 2.77. The standard InChI is InChI=1S/C15H19N3O4/c1-10(19)17-12-5-3-11(4-6-12)14(20)16-8-7-13-9-18(2)15(21)22-13/h3-6,13H,7-9H2,1-2H3,(H,16,20)(H,17,19). The maximum absolute atomic E-state index is 12.0. The van der Waals surface area contributed by atoms with Crippen LogP contribution in [0.5, 0.6) is 0 Å². The number of carbonyl (C=O) groups excluding carboxylic acids is 3. The van der Waals surface area contributed by atoms with E-state index in [-0.39, 0.29) is 24.0 Å². The van der Waals surface area contributed by atoms with E-state index in [9.17, 15) is 14.4 Å². The highest BCUT2D eigenvalue weighted by atomic mass is 16.6. The van der Waals surface area contributed by atoms with Crippen molar-refractivity contribution < 1.29 is 19.1 Å². The van der Waals surface area contributed by atoms with Crippen LogP contribution in [0.1, 0.15) is 23.7 Å². The predicted octanol–water partition coefficient (Wildman–Crippen LogP) is 1.22. The van der Waals surface area contributed by atoms with Gasteiger partial charge in [-0.2, -0.15) is 0 Å². The summed E-state index contributed by atoms with van der Waals surface area (Å²) in [6, 6.07) is 6.63. The molecule has 1 aliphatic rings. The van der Waals surface area contributed by atoms with E-state index < -0.39 is 0 Å². The third-order valence-corrected chi connectivity index (χ3v) is 3.28. The maximum atomic E-state index is 12.0. The molecule has 1 saturated heterocycles. The lowest BCUT2D eigenvalue weighted by molar-refractivity contribution is -0.114. The summed E-state index contributed by atoms with van der Waals surface area (Å²) in [4.78, 5) is 35.6. The van der Waals surface area contributed by atoms with Crippen LogP contribution in [0.25, 0.3) is 0 Å². The fourth-order valence-electron chi connectivity index (χ4n) is 2.16. The second kappa shape index (κ2) is 6.93. The van der Waals surface area contributed by atoms with Gasteiger partial charge in [-0.05, 0) is 24.3 Å². The largest absolute Gasteiger partial charge is 0.444 e. The number of hydrogen-bond donors (Lipinski definition) is 2. The normalized spacial score (nSPS) is 17.1. The zero-order valence-corrected chi connectivity index (χ0v) is 12.6. The van der Waals surface area contributed by atoms with Gasteiger partial charge in [-0.3, -0.25) is 9.59 Å². The Balaban J connectivity index is 1.77. The fourth-order valence-corrected chi connectivity index (χ4v) is 2.16. The first-order valence-corrected chi connectivity index (χ1v) is 7.03. The molecule has 2 rings (SSSR count). The number of likely N-dealkylation sites (N-methyl/N-ethyl adjacent to an activating group) is 1. The Bertz CT molecular complexity index is 571. The van der Waals surface area contributed by atoms with Gasteiger partial charge in [0.05, 0.1) is 6.54 Å². The van der Waals surface area contributed by atoms with E-state index in [1.165, 1.54) is 11.8 Å². The van der Waals surface area contributed by atoms with Crippen LogP contribution in [-0.4, -0.2) is 49.0 Å². The number of nitrogens with one attached hydrogen (secondary N) is 2. The molecule has 0 aromatic heterocycles. The first-order valence-electron chi connectivity index (χ1n) is 7.03. The first kappa shape index (κ1) is 15.8. The number of anilines is 1. The molecule has 0 saturated carbocycles. The van der Waals surface area contributed by atoms with Crippen molar-refractivity contribution >= 4 is 23.6 Å². The molecule has 0 radical (unpaired) electrons. The number of hydrogen-bond acceptors (Lipinski definition) is 4. The minimum Gasteiger partial charge on any atom is -0.444 e. The molecule has 7 nitrogen and oxygen atoms in total. The Labute approximate surface area is 128 Å². The van der Waals surface area contributed by atoms with Gasteiger partial charge in [0.2, 0.25) is 5.91 Å². The third kappa shape index (κ3) is 4.21. The smallest absolute Gasteiger partial charge is 0.409 e. The number of ether oxygens (including phenoxy) is 1. The number of nitrogens with zero attached hydrogens (tertiary/aromatic N) is 1. The van der Waals surface area contributed by atoms with Gasteiger partial charge in [0, 0.05) is 38.2 Å². The van der Waals surface area contributed by atoms with E-state index >= 15 is 0 Å². The lowest BCUT2D eigenvalue weighted by atomic mass is 10.2. The molecule has 0 bridgehead atoms. The van der Waals surface area contributed by atoms with E-state index in [4.69, 9.17) is 4.74 Å². The molecule has 1 atom stereocenters. The number of cyclic esters (lactones) is 1. The molecule has 1 aromatic carbocycles. The second-order valence-electron chi connectivity index (χ2n) is 5.19. The SMILES string of the molecule is CC(=O)Nc1ccc(C(=O)NCCC2CN(C)C(=O)O2)cc1. The number of benzene rings is 1. The summed E-state index contributed by atoms with van der Waals surface area (Å²) in [5.74, 6) is -0.361. The van der Waals surface area contributed by atoms with E-state index in [1.54, 1.807) is 31.3 Å². The summed E-state index contributed by atoms with van der Waals surface area (Å²) in [7, 11) is 1.68. The van der Waals surface area contributed by atoms with Gasteiger partial charge >= 0.3 is 6.09 Å². The molecule has 118 valence electrons.